The van der Waals surface area contributed by atoms with Gasteiger partial charge in [-0.1, -0.05) is 0 Å². The Balaban J connectivity index is 2.51. The third-order valence-electron chi connectivity index (χ3n) is 3.13. The van der Waals surface area contributed by atoms with Crippen LogP contribution in [0, 0.1) is 11.3 Å². The Kier molecular flexibility index (Phi) is 3.94. The predicted octanol–water partition coefficient (Wildman–Crippen LogP) is 2.28. The molecule has 2 rings (SSSR count). The first kappa shape index (κ1) is 14.6. The molecule has 0 spiro atoms. The van der Waals surface area contributed by atoms with Crippen molar-refractivity contribution in [3.05, 3.63) is 30.2 Å². The maximum atomic E-state index is 9.02. The molecule has 0 aliphatic carbocycles. The van der Waals surface area contributed by atoms with Gasteiger partial charge in [0.1, 0.15) is 11.2 Å². The fourth-order valence-corrected chi connectivity index (χ4v) is 1.96. The van der Waals surface area contributed by atoms with Crippen LogP contribution in [-0.4, -0.2) is 28.8 Å². The van der Waals surface area contributed by atoms with Gasteiger partial charge in [-0.2, -0.15) is 5.26 Å². The van der Waals surface area contributed by atoms with Gasteiger partial charge in [-0.05, 0) is 19.9 Å². The number of H-pyrrole nitrogens is 1. The fourth-order valence-electron chi connectivity index (χ4n) is 1.96. The lowest BCUT2D eigenvalue weighted by molar-refractivity contribution is 0.677. The summed E-state index contributed by atoms with van der Waals surface area (Å²) in [7, 11) is 1.84. The molecule has 0 unspecified atom stereocenters. The number of allylic oxidation sites excluding steroid dienone is 1. The monoisotopic (exact) mass is 282 g/mol. The Bertz CT molecular complexity index is 745. The minimum absolute atomic E-state index is 0.707. The van der Waals surface area contributed by atoms with Gasteiger partial charge in [0.25, 0.3) is 0 Å². The van der Waals surface area contributed by atoms with Crippen LogP contribution in [-0.2, 0) is 0 Å². The number of aliphatic imine (C=N–C) groups is 1. The predicted molar refractivity (Wildman–Crippen MR) is 86.0 cm³/mol. The zero-order chi connectivity index (χ0) is 15.5. The van der Waals surface area contributed by atoms with Crippen molar-refractivity contribution < 1.29 is 0 Å². The van der Waals surface area contributed by atoms with Crippen LogP contribution in [0.25, 0.3) is 16.6 Å². The highest BCUT2D eigenvalue weighted by Crippen LogP contribution is 2.29. The van der Waals surface area contributed by atoms with Crippen molar-refractivity contribution in [2.24, 2.45) is 10.7 Å². The molecule has 108 valence electrons. The molecule has 21 heavy (non-hydrogen) atoms. The summed E-state index contributed by atoms with van der Waals surface area (Å²) in [5.74, 6) is 0. The Morgan fingerprint density at radius 2 is 2.33 bits per heavy atom. The molecule has 0 fully saturated rings. The molecule has 0 radical (unpaired) electrons. The lowest BCUT2D eigenvalue weighted by atomic mass is 10.0. The van der Waals surface area contributed by atoms with Crippen LogP contribution < -0.4 is 11.1 Å². The van der Waals surface area contributed by atoms with Gasteiger partial charge in [-0.3, -0.25) is 4.99 Å². The number of hydrogen-bond acceptors (Lipinski definition) is 5. The zero-order valence-electron chi connectivity index (χ0n) is 12.3. The molecule has 0 amide bonds. The topological polar surface area (TPSA) is 103 Å². The molecule has 6 heteroatoms. The number of aromatic amines is 1. The number of aromatic nitrogens is 2. The van der Waals surface area contributed by atoms with Crippen LogP contribution in [0.5, 0.6) is 0 Å². The molecular formula is C15H18N6. The van der Waals surface area contributed by atoms with E-state index in [0.717, 1.165) is 22.3 Å². The number of nitriles is 1. The molecule has 0 aliphatic rings. The number of anilines is 1. The standard InChI is InChI=1S/C15H18N6/c1-15(2,9-17)21-7-10(6-16)12-8-20-14-11(4-5-19-14)13(12)18-3/h4-8H,16H2,1-3H3,(H2,18,19,20)/b10-6+,21-7?. The van der Waals surface area contributed by atoms with Crippen molar-refractivity contribution in [3.8, 4) is 6.07 Å². The van der Waals surface area contributed by atoms with Crippen molar-refractivity contribution in [3.63, 3.8) is 0 Å². The number of rotatable bonds is 4. The van der Waals surface area contributed by atoms with Crippen LogP contribution in [0.1, 0.15) is 19.4 Å². The molecule has 0 saturated heterocycles. The molecule has 2 aromatic rings. The molecule has 0 aliphatic heterocycles. The zero-order valence-corrected chi connectivity index (χ0v) is 12.3. The molecule has 2 heterocycles. The molecule has 4 N–H and O–H groups in total. The van der Waals surface area contributed by atoms with Gasteiger partial charge in [0, 0.05) is 48.4 Å². The molecular weight excluding hydrogens is 264 g/mol. The van der Waals surface area contributed by atoms with Crippen LogP contribution >= 0.6 is 0 Å². The normalized spacial score (nSPS) is 12.8. The molecule has 0 bridgehead atoms. The van der Waals surface area contributed by atoms with E-state index in [-0.39, 0.29) is 0 Å². The van der Waals surface area contributed by atoms with E-state index >= 15 is 0 Å². The summed E-state index contributed by atoms with van der Waals surface area (Å²) in [5.41, 5.74) is 8.19. The number of fused-ring (bicyclic) bond motifs is 1. The summed E-state index contributed by atoms with van der Waals surface area (Å²) in [5, 5.41) is 13.2. The smallest absolute Gasteiger partial charge is 0.141 e. The summed E-state index contributed by atoms with van der Waals surface area (Å²) >= 11 is 0. The van der Waals surface area contributed by atoms with Crippen molar-refractivity contribution in [2.45, 2.75) is 19.4 Å². The minimum Gasteiger partial charge on any atom is -0.404 e. The lowest BCUT2D eigenvalue weighted by Gasteiger charge is -2.12. The number of pyridine rings is 1. The van der Waals surface area contributed by atoms with Crippen LogP contribution in [0.2, 0.25) is 0 Å². The third kappa shape index (κ3) is 2.87. The van der Waals surface area contributed by atoms with E-state index in [9.17, 15) is 0 Å². The molecule has 2 aromatic heterocycles. The first-order valence-electron chi connectivity index (χ1n) is 6.55. The van der Waals surface area contributed by atoms with Crippen molar-refractivity contribution in [1.82, 2.24) is 9.97 Å². The summed E-state index contributed by atoms with van der Waals surface area (Å²) in [4.78, 5) is 11.7. The van der Waals surface area contributed by atoms with E-state index in [0.29, 0.717) is 5.57 Å². The van der Waals surface area contributed by atoms with Gasteiger partial charge in [-0.15, -0.1) is 0 Å². The summed E-state index contributed by atoms with van der Waals surface area (Å²) in [6, 6.07) is 4.07. The van der Waals surface area contributed by atoms with Gasteiger partial charge in [0.15, 0.2) is 0 Å². The summed E-state index contributed by atoms with van der Waals surface area (Å²) in [6.07, 6.45) is 6.64. The lowest BCUT2D eigenvalue weighted by Crippen LogP contribution is -2.13. The Morgan fingerprint density at radius 3 is 2.95 bits per heavy atom. The Morgan fingerprint density at radius 1 is 1.57 bits per heavy atom. The number of nitrogens with one attached hydrogen (secondary N) is 2. The van der Waals surface area contributed by atoms with E-state index < -0.39 is 5.54 Å². The molecule has 0 atom stereocenters. The number of nitrogens with zero attached hydrogens (tertiary/aromatic N) is 3. The highest BCUT2D eigenvalue weighted by atomic mass is 14.9. The first-order chi connectivity index (χ1) is 10.0. The van der Waals surface area contributed by atoms with Gasteiger partial charge < -0.3 is 16.0 Å². The molecule has 0 aromatic carbocycles. The Labute approximate surface area is 123 Å². The van der Waals surface area contributed by atoms with Crippen LogP contribution in [0.3, 0.4) is 0 Å². The average Bonchev–Trinajstić information content (AvgIpc) is 2.96. The summed E-state index contributed by atoms with van der Waals surface area (Å²) in [6.45, 7) is 3.48. The van der Waals surface area contributed by atoms with E-state index in [1.165, 1.54) is 6.20 Å². The quantitative estimate of drug-likeness (QED) is 0.748. The molecule has 0 saturated carbocycles. The van der Waals surface area contributed by atoms with Crippen LogP contribution in [0.15, 0.2) is 29.7 Å². The summed E-state index contributed by atoms with van der Waals surface area (Å²) < 4.78 is 0. The minimum atomic E-state index is -0.792. The van der Waals surface area contributed by atoms with Crippen molar-refractivity contribution in [1.29, 1.82) is 5.26 Å². The highest BCUT2D eigenvalue weighted by molar-refractivity contribution is 6.14. The Hall–Kier alpha value is -2.81. The number of hydrogen-bond donors (Lipinski definition) is 3. The fraction of sp³-hybridized carbons (Fsp3) is 0.267. The van der Waals surface area contributed by atoms with E-state index in [1.807, 2.05) is 19.3 Å². The van der Waals surface area contributed by atoms with Crippen molar-refractivity contribution >= 4 is 28.5 Å². The number of nitrogens with two attached hydrogens (primary N) is 1. The van der Waals surface area contributed by atoms with Crippen LogP contribution in [0.4, 0.5) is 5.69 Å². The second-order valence-electron chi connectivity index (χ2n) is 5.09. The first-order valence-corrected chi connectivity index (χ1v) is 6.55. The van der Waals surface area contributed by atoms with Gasteiger partial charge in [0.05, 0.1) is 11.8 Å². The van der Waals surface area contributed by atoms with Gasteiger partial charge in [0.2, 0.25) is 0 Å². The average molecular weight is 282 g/mol. The van der Waals surface area contributed by atoms with E-state index in [4.69, 9.17) is 11.0 Å². The second-order valence-corrected chi connectivity index (χ2v) is 5.09. The van der Waals surface area contributed by atoms with Gasteiger partial charge in [-0.25, -0.2) is 4.98 Å². The van der Waals surface area contributed by atoms with Gasteiger partial charge >= 0.3 is 0 Å². The van der Waals surface area contributed by atoms with E-state index in [2.05, 4.69) is 26.3 Å². The largest absolute Gasteiger partial charge is 0.404 e. The van der Waals surface area contributed by atoms with E-state index in [1.54, 1.807) is 26.3 Å². The van der Waals surface area contributed by atoms with Crippen molar-refractivity contribution in [2.75, 3.05) is 12.4 Å². The maximum absolute atomic E-state index is 9.02. The molecule has 6 nitrogen and oxygen atoms in total. The maximum Gasteiger partial charge on any atom is 0.141 e. The SMILES string of the molecule is CNc1c(/C(C=NC(C)(C)C#N)=C/N)cnc2[nH]ccc12. The third-order valence-corrected chi connectivity index (χ3v) is 3.13. The second kappa shape index (κ2) is 5.67. The highest BCUT2D eigenvalue weighted by Gasteiger charge is 2.15.